The molecule has 1 aliphatic heterocycles. The summed E-state index contributed by atoms with van der Waals surface area (Å²) >= 11 is 3.43. The zero-order valence-electron chi connectivity index (χ0n) is 11.4. The first-order valence-corrected chi connectivity index (χ1v) is 7.50. The van der Waals surface area contributed by atoms with Crippen LogP contribution in [-0.4, -0.2) is 28.1 Å². The van der Waals surface area contributed by atoms with Crippen LogP contribution in [0.3, 0.4) is 0 Å². The predicted octanol–water partition coefficient (Wildman–Crippen LogP) is 3.84. The van der Waals surface area contributed by atoms with Crippen molar-refractivity contribution >= 4 is 21.9 Å². The van der Waals surface area contributed by atoms with E-state index < -0.39 is 11.5 Å². The predicted molar refractivity (Wildman–Crippen MR) is 79.2 cm³/mol. The van der Waals surface area contributed by atoms with Gasteiger partial charge in [0, 0.05) is 10.5 Å². The van der Waals surface area contributed by atoms with Crippen LogP contribution in [0.4, 0.5) is 0 Å². The first kappa shape index (κ1) is 14.5. The fraction of sp³-hybridized carbons (Fsp3) is 0.533. The van der Waals surface area contributed by atoms with Gasteiger partial charge in [0.15, 0.2) is 0 Å². The molecule has 0 aromatic heterocycles. The number of piperidine rings is 1. The van der Waals surface area contributed by atoms with Crippen LogP contribution in [0.15, 0.2) is 28.7 Å². The van der Waals surface area contributed by atoms with E-state index in [1.165, 1.54) is 0 Å². The number of benzene rings is 1. The molecule has 0 radical (unpaired) electrons. The number of likely N-dealkylation sites (tertiary alicyclic amines) is 1. The van der Waals surface area contributed by atoms with E-state index in [9.17, 15) is 9.90 Å². The molecule has 19 heavy (non-hydrogen) atoms. The van der Waals surface area contributed by atoms with Crippen molar-refractivity contribution in [2.75, 3.05) is 6.54 Å². The average molecular weight is 326 g/mol. The van der Waals surface area contributed by atoms with E-state index in [0.29, 0.717) is 0 Å². The fourth-order valence-corrected chi connectivity index (χ4v) is 3.18. The lowest BCUT2D eigenvalue weighted by atomic mass is 9.86. The van der Waals surface area contributed by atoms with Crippen LogP contribution in [-0.2, 0) is 4.79 Å². The Morgan fingerprint density at radius 1 is 1.37 bits per heavy atom. The summed E-state index contributed by atoms with van der Waals surface area (Å²) in [7, 11) is 0. The molecule has 2 unspecified atom stereocenters. The van der Waals surface area contributed by atoms with Crippen molar-refractivity contribution in [1.82, 2.24) is 4.90 Å². The topological polar surface area (TPSA) is 40.5 Å². The molecule has 2 rings (SSSR count). The highest BCUT2D eigenvalue weighted by Crippen LogP contribution is 2.35. The van der Waals surface area contributed by atoms with Crippen molar-refractivity contribution in [3.63, 3.8) is 0 Å². The zero-order chi connectivity index (χ0) is 14.0. The van der Waals surface area contributed by atoms with Gasteiger partial charge in [0.25, 0.3) is 0 Å². The van der Waals surface area contributed by atoms with Gasteiger partial charge in [-0.3, -0.25) is 9.69 Å². The Labute approximate surface area is 122 Å². The first-order chi connectivity index (χ1) is 8.95. The number of hydrogen-bond donors (Lipinski definition) is 1. The number of carboxylic acid groups (broad SMARTS) is 1. The quantitative estimate of drug-likeness (QED) is 0.917. The molecule has 104 valence electrons. The van der Waals surface area contributed by atoms with E-state index in [1.54, 1.807) is 0 Å². The molecule has 1 aromatic carbocycles. The van der Waals surface area contributed by atoms with Gasteiger partial charge in [-0.1, -0.05) is 28.1 Å². The highest BCUT2D eigenvalue weighted by Gasteiger charge is 2.43. The van der Waals surface area contributed by atoms with E-state index in [0.717, 1.165) is 35.8 Å². The summed E-state index contributed by atoms with van der Waals surface area (Å²) in [5.41, 5.74) is 0.419. The Morgan fingerprint density at radius 3 is 2.58 bits per heavy atom. The summed E-state index contributed by atoms with van der Waals surface area (Å²) in [6.07, 6.45) is 2.79. The molecule has 0 amide bonds. The summed E-state index contributed by atoms with van der Waals surface area (Å²) < 4.78 is 1.04. The minimum absolute atomic E-state index is 0.120. The van der Waals surface area contributed by atoms with Gasteiger partial charge in [-0.05, 0) is 57.4 Å². The Bertz CT molecular complexity index is 460. The van der Waals surface area contributed by atoms with Crippen LogP contribution in [0, 0.1) is 0 Å². The largest absolute Gasteiger partial charge is 0.480 e. The third-order valence-corrected chi connectivity index (χ3v) is 4.76. The Morgan fingerprint density at radius 2 is 2.00 bits per heavy atom. The highest BCUT2D eigenvalue weighted by atomic mass is 79.9. The molecule has 1 N–H and O–H groups in total. The second kappa shape index (κ2) is 5.63. The highest BCUT2D eigenvalue weighted by molar-refractivity contribution is 9.10. The Kier molecular flexibility index (Phi) is 4.31. The van der Waals surface area contributed by atoms with Gasteiger partial charge in [0.05, 0.1) is 0 Å². The van der Waals surface area contributed by atoms with Gasteiger partial charge in [0.2, 0.25) is 0 Å². The summed E-state index contributed by atoms with van der Waals surface area (Å²) in [5, 5.41) is 9.56. The monoisotopic (exact) mass is 325 g/mol. The molecule has 0 spiro atoms. The standard InChI is InChI=1S/C15H20BrNO2/c1-11(12-5-7-13(16)8-6-12)17-10-4-3-9-15(17,2)14(18)19/h5-8,11H,3-4,9-10H2,1-2H3,(H,18,19). The maximum absolute atomic E-state index is 11.6. The normalized spacial score (nSPS) is 26.1. The lowest BCUT2D eigenvalue weighted by Gasteiger charge is -2.45. The third-order valence-electron chi connectivity index (χ3n) is 4.23. The molecule has 4 heteroatoms. The van der Waals surface area contributed by atoms with E-state index in [1.807, 2.05) is 19.1 Å². The van der Waals surface area contributed by atoms with Crippen LogP contribution >= 0.6 is 15.9 Å². The fourth-order valence-electron chi connectivity index (χ4n) is 2.91. The number of carbonyl (C=O) groups is 1. The molecule has 0 aliphatic carbocycles. The van der Waals surface area contributed by atoms with Crippen molar-refractivity contribution in [3.05, 3.63) is 34.3 Å². The minimum atomic E-state index is -0.745. The molecule has 0 saturated carbocycles. The molecule has 3 nitrogen and oxygen atoms in total. The number of aliphatic carboxylic acids is 1. The van der Waals surface area contributed by atoms with Crippen LogP contribution in [0.25, 0.3) is 0 Å². The van der Waals surface area contributed by atoms with Crippen molar-refractivity contribution < 1.29 is 9.90 Å². The lowest BCUT2D eigenvalue weighted by Crippen LogP contribution is -2.55. The summed E-state index contributed by atoms with van der Waals surface area (Å²) in [4.78, 5) is 13.8. The van der Waals surface area contributed by atoms with Crippen molar-refractivity contribution in [3.8, 4) is 0 Å². The summed E-state index contributed by atoms with van der Waals surface area (Å²) in [6.45, 7) is 4.79. The van der Waals surface area contributed by atoms with Gasteiger partial charge in [-0.15, -0.1) is 0 Å². The maximum atomic E-state index is 11.6. The number of carboxylic acids is 1. The van der Waals surface area contributed by atoms with E-state index in [4.69, 9.17) is 0 Å². The Balaban J connectivity index is 2.27. The number of halogens is 1. The molecule has 1 fully saturated rings. The summed E-state index contributed by atoms with van der Waals surface area (Å²) in [6, 6.07) is 8.26. The first-order valence-electron chi connectivity index (χ1n) is 6.71. The number of rotatable bonds is 3. The van der Waals surface area contributed by atoms with Gasteiger partial charge in [-0.2, -0.15) is 0 Å². The van der Waals surface area contributed by atoms with Crippen molar-refractivity contribution in [1.29, 1.82) is 0 Å². The smallest absolute Gasteiger partial charge is 0.323 e. The van der Waals surface area contributed by atoms with Crippen LogP contribution in [0.1, 0.15) is 44.7 Å². The van der Waals surface area contributed by atoms with Crippen molar-refractivity contribution in [2.45, 2.75) is 44.7 Å². The molecule has 1 aromatic rings. The molecule has 1 saturated heterocycles. The molecular formula is C15H20BrNO2. The number of nitrogens with zero attached hydrogens (tertiary/aromatic N) is 1. The average Bonchev–Trinajstić information content (AvgIpc) is 2.39. The summed E-state index contributed by atoms with van der Waals surface area (Å²) in [5.74, 6) is -0.712. The van der Waals surface area contributed by atoms with Gasteiger partial charge < -0.3 is 5.11 Å². The molecule has 0 bridgehead atoms. The third kappa shape index (κ3) is 2.84. The van der Waals surface area contributed by atoms with Crippen LogP contribution in [0.2, 0.25) is 0 Å². The molecule has 1 aliphatic rings. The van der Waals surface area contributed by atoms with Crippen LogP contribution < -0.4 is 0 Å². The second-order valence-electron chi connectivity index (χ2n) is 5.46. The van der Waals surface area contributed by atoms with E-state index >= 15 is 0 Å². The van der Waals surface area contributed by atoms with Crippen LogP contribution in [0.5, 0.6) is 0 Å². The molecule has 2 atom stereocenters. The van der Waals surface area contributed by atoms with E-state index in [-0.39, 0.29) is 6.04 Å². The van der Waals surface area contributed by atoms with Gasteiger partial charge in [0.1, 0.15) is 5.54 Å². The minimum Gasteiger partial charge on any atom is -0.480 e. The Hall–Kier alpha value is -0.870. The van der Waals surface area contributed by atoms with E-state index in [2.05, 4.69) is 39.9 Å². The van der Waals surface area contributed by atoms with Crippen molar-refractivity contribution in [2.24, 2.45) is 0 Å². The van der Waals surface area contributed by atoms with Gasteiger partial charge >= 0.3 is 5.97 Å². The second-order valence-corrected chi connectivity index (χ2v) is 6.37. The SMILES string of the molecule is CC(c1ccc(Br)cc1)N1CCCCC1(C)C(=O)O. The number of hydrogen-bond acceptors (Lipinski definition) is 2. The maximum Gasteiger partial charge on any atom is 0.323 e. The van der Waals surface area contributed by atoms with Gasteiger partial charge in [-0.25, -0.2) is 0 Å². The molecular weight excluding hydrogens is 306 g/mol. The lowest BCUT2D eigenvalue weighted by molar-refractivity contribution is -0.155. The molecule has 1 heterocycles. The zero-order valence-corrected chi connectivity index (χ0v) is 13.0.